The lowest BCUT2D eigenvalue weighted by Gasteiger charge is -2.36. The van der Waals surface area contributed by atoms with E-state index in [4.69, 9.17) is 4.74 Å². The van der Waals surface area contributed by atoms with Gasteiger partial charge in [-0.25, -0.2) is 5.43 Å². The summed E-state index contributed by atoms with van der Waals surface area (Å²) in [6, 6.07) is 3.12. The number of esters is 1. The molecule has 0 spiro atoms. The number of carbonyl (C=O) groups is 5. The number of ether oxygens (including phenoxy) is 1. The summed E-state index contributed by atoms with van der Waals surface area (Å²) >= 11 is 0. The predicted molar refractivity (Wildman–Crippen MR) is 208 cm³/mol. The zero-order valence-corrected chi connectivity index (χ0v) is 33.2. The molecule has 2 heterocycles. The quantitative estimate of drug-likeness (QED) is 0.159. The number of Topliss-reactive ketones (excluding diaryl/α,β-unsaturated/α-hetero) is 1. The maximum absolute atomic E-state index is 14.2. The molecule has 2 aliphatic heterocycles. The van der Waals surface area contributed by atoms with Gasteiger partial charge >= 0.3 is 5.97 Å². The summed E-state index contributed by atoms with van der Waals surface area (Å²) in [4.78, 5) is 69.8. The number of ketones is 1. The fourth-order valence-electron chi connectivity index (χ4n) is 6.50. The van der Waals surface area contributed by atoms with E-state index < -0.39 is 77.9 Å². The molecule has 55 heavy (non-hydrogen) atoms. The first-order chi connectivity index (χ1) is 26.0. The highest BCUT2D eigenvalue weighted by atomic mass is 16.5. The average Bonchev–Trinajstić information content (AvgIpc) is 3.13. The number of hydrogen-bond acceptors (Lipinski definition) is 11. The van der Waals surface area contributed by atoms with Gasteiger partial charge in [-0.15, -0.1) is 0 Å². The van der Waals surface area contributed by atoms with E-state index in [1.54, 1.807) is 51.1 Å². The summed E-state index contributed by atoms with van der Waals surface area (Å²) in [5.41, 5.74) is 4.41. The van der Waals surface area contributed by atoms with Crippen LogP contribution >= 0.6 is 0 Å². The molecule has 1 unspecified atom stereocenters. The number of amides is 3. The van der Waals surface area contributed by atoms with E-state index in [2.05, 4.69) is 16.1 Å². The van der Waals surface area contributed by atoms with Crippen LogP contribution in [-0.2, 0) is 35.1 Å². The number of nitrogens with one attached hydrogen (secondary N) is 3. The maximum atomic E-state index is 14.2. The molecule has 1 aromatic rings. The van der Waals surface area contributed by atoms with Gasteiger partial charge in [-0.05, 0) is 76.4 Å². The minimum absolute atomic E-state index is 0.00640. The normalized spacial score (nSPS) is 29.4. The number of hydrazine groups is 1. The van der Waals surface area contributed by atoms with Gasteiger partial charge in [-0.3, -0.25) is 24.2 Å². The molecule has 2 aliphatic rings. The minimum Gasteiger partial charge on any atom is -0.508 e. The average molecular weight is 768 g/mol. The van der Waals surface area contributed by atoms with Crippen LogP contribution in [-0.4, -0.2) is 118 Å². The second-order valence-corrected chi connectivity index (χ2v) is 15.4. The van der Waals surface area contributed by atoms with Crippen molar-refractivity contribution in [2.75, 3.05) is 27.2 Å². The molecule has 14 heteroatoms. The zero-order valence-electron chi connectivity index (χ0n) is 33.2. The number of phenolic OH excluding ortho intramolecular Hbond substituents is 1. The highest BCUT2D eigenvalue weighted by Crippen LogP contribution is 2.24. The fraction of sp³-hybridized carbons (Fsp3) is 0.585. The lowest BCUT2D eigenvalue weighted by molar-refractivity contribution is -0.156. The molecule has 1 saturated heterocycles. The number of cyclic esters (lactones) is 1. The van der Waals surface area contributed by atoms with Crippen LogP contribution in [0.2, 0.25) is 0 Å². The SMILES string of the molecule is CC(=O)CC[C@H]1C(=O)N[C@@H](C(C)C)C(=O)N[C@@H](Cc2cccc(O)c2)C(=O)N2CCCC(N2)C(=O)O[C@H](/C(C)=C/CN(C)C)C/C=C/C=C/[C@H](O)[C@H](C)[C@H]1O. The summed E-state index contributed by atoms with van der Waals surface area (Å²) in [6.45, 7) is 9.16. The molecule has 14 nitrogen and oxygen atoms in total. The Morgan fingerprint density at radius 2 is 1.80 bits per heavy atom. The molecule has 1 fully saturated rings. The number of hydrogen-bond donors (Lipinski definition) is 6. The van der Waals surface area contributed by atoms with Crippen LogP contribution < -0.4 is 16.1 Å². The van der Waals surface area contributed by atoms with Gasteiger partial charge in [0.2, 0.25) is 11.8 Å². The first-order valence-electron chi connectivity index (χ1n) is 19.1. The van der Waals surface area contributed by atoms with Crippen LogP contribution in [0.1, 0.15) is 72.3 Å². The molecule has 0 radical (unpaired) electrons. The molecule has 0 saturated carbocycles. The van der Waals surface area contributed by atoms with Gasteiger partial charge in [0, 0.05) is 38.3 Å². The number of aromatic hydroxyl groups is 1. The molecular weight excluding hydrogens is 706 g/mol. The Bertz CT molecular complexity index is 1570. The van der Waals surface area contributed by atoms with E-state index in [1.165, 1.54) is 30.1 Å². The molecule has 8 atom stereocenters. The Hall–Kier alpha value is -4.37. The van der Waals surface area contributed by atoms with Crippen molar-refractivity contribution in [3.8, 4) is 5.75 Å². The number of aliphatic hydroxyl groups is 2. The Labute approximate surface area is 325 Å². The Kier molecular flexibility index (Phi) is 17.7. The minimum atomic E-state index is -1.39. The number of allylic oxidation sites excluding steroid dienone is 2. The van der Waals surface area contributed by atoms with Crippen LogP contribution in [0.4, 0.5) is 0 Å². The van der Waals surface area contributed by atoms with Gasteiger partial charge < -0.3 is 40.4 Å². The van der Waals surface area contributed by atoms with Crippen LogP contribution in [0.5, 0.6) is 5.75 Å². The zero-order chi connectivity index (χ0) is 40.8. The second-order valence-electron chi connectivity index (χ2n) is 15.4. The number of rotatable bonds is 9. The molecular formula is C41H61N5O9. The van der Waals surface area contributed by atoms with Crippen molar-refractivity contribution in [3.63, 3.8) is 0 Å². The summed E-state index contributed by atoms with van der Waals surface area (Å²) in [6.07, 6.45) is 6.55. The maximum Gasteiger partial charge on any atom is 0.325 e. The number of aliphatic hydroxyl groups excluding tert-OH is 2. The first-order valence-corrected chi connectivity index (χ1v) is 19.1. The Morgan fingerprint density at radius 3 is 2.45 bits per heavy atom. The van der Waals surface area contributed by atoms with Gasteiger partial charge in [-0.2, -0.15) is 0 Å². The summed E-state index contributed by atoms with van der Waals surface area (Å²) in [7, 11) is 3.85. The van der Waals surface area contributed by atoms with Crippen LogP contribution in [0, 0.1) is 17.8 Å². The number of fused-ring (bicyclic) bond motifs is 2. The number of nitrogens with zero attached hydrogens (tertiary/aromatic N) is 2. The molecule has 3 rings (SSSR count). The smallest absolute Gasteiger partial charge is 0.325 e. The highest BCUT2D eigenvalue weighted by molar-refractivity contribution is 5.93. The Balaban J connectivity index is 2.07. The van der Waals surface area contributed by atoms with E-state index in [0.717, 1.165) is 5.57 Å². The van der Waals surface area contributed by atoms with E-state index in [-0.39, 0.29) is 37.3 Å². The summed E-state index contributed by atoms with van der Waals surface area (Å²) < 4.78 is 6.04. The fourth-order valence-corrected chi connectivity index (χ4v) is 6.50. The third kappa shape index (κ3) is 14.0. The number of likely N-dealkylation sites (N-methyl/N-ethyl adjacent to an activating group) is 1. The topological polar surface area (TPSA) is 198 Å². The molecule has 0 aromatic heterocycles. The molecule has 1 aromatic carbocycles. The van der Waals surface area contributed by atoms with Gasteiger partial charge in [0.05, 0.1) is 18.1 Å². The summed E-state index contributed by atoms with van der Waals surface area (Å²) in [5, 5.41) is 39.5. The molecule has 2 bridgehead atoms. The second kappa shape index (κ2) is 21.6. The van der Waals surface area contributed by atoms with Gasteiger partial charge in [0.15, 0.2) is 0 Å². The number of benzene rings is 1. The molecule has 0 aliphatic carbocycles. The van der Waals surface area contributed by atoms with E-state index in [9.17, 15) is 39.3 Å². The summed E-state index contributed by atoms with van der Waals surface area (Å²) in [5.74, 6) is -5.07. The van der Waals surface area contributed by atoms with E-state index in [0.29, 0.717) is 31.4 Å². The molecule has 6 N–H and O–H groups in total. The standard InChI is InChI=1S/C41H61N5O9/c1-25(2)36-39(52)42-33(24-29-13-11-14-30(48)23-29)40(53)46-21-12-15-32(44-46)41(54)55-35(26(3)20-22-45(6)7)17-10-8-9-16-34(49)28(5)37(50)31(38(51)43-36)19-18-27(4)47/h8-11,13-14,16,20,23,25,28,31-37,44,48-50H,12,15,17-19,21-22,24H2,1-7H3,(H,42,52)(H,43,51)/b10-8+,16-9+,26-20+/t28-,31+,32?,33-,34-,35-,36-,37+/m0/s1. The van der Waals surface area contributed by atoms with Crippen molar-refractivity contribution in [2.24, 2.45) is 17.8 Å². The van der Waals surface area contributed by atoms with Crippen molar-refractivity contribution in [1.82, 2.24) is 26.0 Å². The predicted octanol–water partition coefficient (Wildman–Crippen LogP) is 2.34. The molecule has 304 valence electrons. The van der Waals surface area contributed by atoms with Gasteiger partial charge in [0.1, 0.15) is 35.8 Å². The largest absolute Gasteiger partial charge is 0.508 e. The van der Waals surface area contributed by atoms with Gasteiger partial charge in [-0.1, -0.05) is 63.3 Å². The third-order valence-electron chi connectivity index (χ3n) is 10.0. The van der Waals surface area contributed by atoms with Crippen molar-refractivity contribution in [1.29, 1.82) is 0 Å². The number of phenols is 1. The van der Waals surface area contributed by atoms with Crippen LogP contribution in [0.25, 0.3) is 0 Å². The van der Waals surface area contributed by atoms with Gasteiger partial charge in [0.25, 0.3) is 5.91 Å². The van der Waals surface area contributed by atoms with E-state index >= 15 is 0 Å². The highest BCUT2D eigenvalue weighted by Gasteiger charge is 2.38. The lowest BCUT2D eigenvalue weighted by Crippen LogP contribution is -2.62. The first kappa shape index (κ1) is 45.0. The van der Waals surface area contributed by atoms with Crippen LogP contribution in [0.15, 0.2) is 60.2 Å². The van der Waals surface area contributed by atoms with Crippen molar-refractivity contribution < 1.29 is 44.0 Å². The molecule has 3 amide bonds. The van der Waals surface area contributed by atoms with Crippen molar-refractivity contribution >= 4 is 29.5 Å². The van der Waals surface area contributed by atoms with Crippen molar-refractivity contribution in [2.45, 2.75) is 110 Å². The monoisotopic (exact) mass is 767 g/mol. The van der Waals surface area contributed by atoms with Crippen molar-refractivity contribution in [3.05, 3.63) is 65.8 Å². The lowest BCUT2D eigenvalue weighted by atomic mass is 9.84. The van der Waals surface area contributed by atoms with Crippen LogP contribution in [0.3, 0.4) is 0 Å². The van der Waals surface area contributed by atoms with E-state index in [1.807, 2.05) is 32.0 Å². The number of carbonyl (C=O) groups excluding carboxylic acids is 5. The Morgan fingerprint density at radius 1 is 1.07 bits per heavy atom. The third-order valence-corrected chi connectivity index (χ3v) is 10.0.